The molecule has 0 atom stereocenters. The van der Waals surface area contributed by atoms with Crippen LogP contribution in [0, 0.1) is 12.7 Å². The van der Waals surface area contributed by atoms with Gasteiger partial charge >= 0.3 is 0 Å². The van der Waals surface area contributed by atoms with E-state index in [9.17, 15) is 17.6 Å². The fraction of sp³-hybridized carbons (Fsp3) is 0.240. The number of benzene rings is 3. The largest absolute Gasteiger partial charge is 0.496 e. The number of nitrogens with zero attached hydrogens (tertiary/aromatic N) is 1. The van der Waals surface area contributed by atoms with Gasteiger partial charge in [-0.1, -0.05) is 35.9 Å². The molecule has 0 saturated heterocycles. The number of ether oxygens (including phenoxy) is 2. The van der Waals surface area contributed by atoms with Gasteiger partial charge in [-0.05, 0) is 48.9 Å². The quantitative estimate of drug-likeness (QED) is 0.473. The molecule has 180 valence electrons. The maximum absolute atomic E-state index is 13.4. The number of carbonyl (C=O) groups excluding carboxylic acids is 1. The van der Waals surface area contributed by atoms with Crippen LogP contribution in [-0.4, -0.2) is 39.4 Å². The molecule has 1 amide bonds. The van der Waals surface area contributed by atoms with Crippen LogP contribution in [0.15, 0.2) is 71.6 Å². The number of sulfonamides is 1. The highest BCUT2D eigenvalue weighted by Crippen LogP contribution is 2.28. The van der Waals surface area contributed by atoms with Gasteiger partial charge in [-0.2, -0.15) is 4.31 Å². The molecule has 0 heterocycles. The number of carbonyl (C=O) groups is 1. The topological polar surface area (TPSA) is 84.9 Å². The van der Waals surface area contributed by atoms with E-state index in [2.05, 4.69) is 5.32 Å². The Morgan fingerprint density at radius 1 is 0.941 bits per heavy atom. The molecule has 3 aromatic rings. The zero-order chi connectivity index (χ0) is 24.7. The fourth-order valence-corrected chi connectivity index (χ4v) is 4.77. The Morgan fingerprint density at radius 3 is 2.09 bits per heavy atom. The summed E-state index contributed by atoms with van der Waals surface area (Å²) in [5.41, 5.74) is 2.09. The second kappa shape index (κ2) is 11.1. The standard InChI is InChI=1S/C25H27FN2O5S/c1-18-7-13-21(14-8-18)34(30,31)28(16-19-9-11-20(26)12-10-19)17-25(29)27-15-22-23(32-2)5-4-6-24(22)33-3/h4-14H,15-17H2,1-3H3,(H,27,29). The molecule has 0 spiro atoms. The molecule has 9 heteroatoms. The van der Waals surface area contributed by atoms with Gasteiger partial charge in [0.2, 0.25) is 15.9 Å². The lowest BCUT2D eigenvalue weighted by atomic mass is 10.1. The number of hydrogen-bond donors (Lipinski definition) is 1. The third-order valence-electron chi connectivity index (χ3n) is 5.24. The third kappa shape index (κ3) is 6.12. The lowest BCUT2D eigenvalue weighted by molar-refractivity contribution is -0.121. The summed E-state index contributed by atoms with van der Waals surface area (Å²) in [5.74, 6) is 0.135. The first-order valence-corrected chi connectivity index (χ1v) is 12.0. The van der Waals surface area contributed by atoms with Crippen LogP contribution in [0.1, 0.15) is 16.7 Å². The average molecular weight is 487 g/mol. The predicted octanol–water partition coefficient (Wildman–Crippen LogP) is 3.66. The molecule has 3 rings (SSSR count). The van der Waals surface area contributed by atoms with Crippen LogP contribution in [-0.2, 0) is 27.9 Å². The van der Waals surface area contributed by atoms with Gasteiger partial charge in [0.25, 0.3) is 0 Å². The third-order valence-corrected chi connectivity index (χ3v) is 7.05. The van der Waals surface area contributed by atoms with Gasteiger partial charge in [0.05, 0.1) is 37.8 Å². The zero-order valence-electron chi connectivity index (χ0n) is 19.2. The monoisotopic (exact) mass is 486 g/mol. The molecule has 3 aromatic carbocycles. The summed E-state index contributed by atoms with van der Waals surface area (Å²) in [6, 6.07) is 17.1. The highest BCUT2D eigenvalue weighted by Gasteiger charge is 2.27. The first-order chi connectivity index (χ1) is 16.2. The minimum atomic E-state index is -4.00. The summed E-state index contributed by atoms with van der Waals surface area (Å²) in [4.78, 5) is 12.9. The molecular weight excluding hydrogens is 459 g/mol. The van der Waals surface area contributed by atoms with Crippen molar-refractivity contribution in [3.8, 4) is 11.5 Å². The number of aryl methyl sites for hydroxylation is 1. The maximum Gasteiger partial charge on any atom is 0.243 e. The van der Waals surface area contributed by atoms with Gasteiger partial charge in [-0.3, -0.25) is 4.79 Å². The summed E-state index contributed by atoms with van der Waals surface area (Å²) in [6.07, 6.45) is 0. The van der Waals surface area contributed by atoms with Crippen LogP contribution in [0.5, 0.6) is 11.5 Å². The van der Waals surface area contributed by atoms with Crippen LogP contribution >= 0.6 is 0 Å². The molecule has 0 aliphatic heterocycles. The minimum Gasteiger partial charge on any atom is -0.496 e. The van der Waals surface area contributed by atoms with E-state index >= 15 is 0 Å². The summed E-state index contributed by atoms with van der Waals surface area (Å²) >= 11 is 0. The molecule has 0 unspecified atom stereocenters. The molecule has 0 bridgehead atoms. The van der Waals surface area contributed by atoms with Crippen LogP contribution in [0.2, 0.25) is 0 Å². The molecule has 0 aromatic heterocycles. The number of halogens is 1. The predicted molar refractivity (Wildman–Crippen MR) is 127 cm³/mol. The summed E-state index contributed by atoms with van der Waals surface area (Å²) in [5, 5.41) is 2.74. The second-order valence-electron chi connectivity index (χ2n) is 7.63. The summed E-state index contributed by atoms with van der Waals surface area (Å²) in [6.45, 7) is 1.42. The minimum absolute atomic E-state index is 0.0689. The molecule has 1 N–H and O–H groups in total. The van der Waals surface area contributed by atoms with Crippen molar-refractivity contribution in [2.24, 2.45) is 0 Å². The molecule has 0 fully saturated rings. The average Bonchev–Trinajstić information content (AvgIpc) is 2.83. The van der Waals surface area contributed by atoms with Crippen LogP contribution in [0.3, 0.4) is 0 Å². The van der Waals surface area contributed by atoms with E-state index in [0.29, 0.717) is 22.6 Å². The van der Waals surface area contributed by atoms with Gasteiger partial charge < -0.3 is 14.8 Å². The molecule has 0 aliphatic carbocycles. The van der Waals surface area contributed by atoms with Gasteiger partial charge in [-0.15, -0.1) is 0 Å². The molecule has 0 aliphatic rings. The lowest BCUT2D eigenvalue weighted by Crippen LogP contribution is -2.40. The smallest absolute Gasteiger partial charge is 0.243 e. The van der Waals surface area contributed by atoms with Gasteiger partial charge in [0, 0.05) is 6.54 Å². The highest BCUT2D eigenvalue weighted by atomic mass is 32.2. The molecular formula is C25H27FN2O5S. The number of hydrogen-bond acceptors (Lipinski definition) is 5. The van der Waals surface area contributed by atoms with Crippen molar-refractivity contribution in [1.29, 1.82) is 0 Å². The van der Waals surface area contributed by atoms with Crippen molar-refractivity contribution in [3.63, 3.8) is 0 Å². The normalized spacial score (nSPS) is 11.3. The highest BCUT2D eigenvalue weighted by molar-refractivity contribution is 7.89. The Morgan fingerprint density at radius 2 is 1.53 bits per heavy atom. The Bertz CT molecular complexity index is 1210. The van der Waals surface area contributed by atoms with Crippen molar-refractivity contribution < 1.29 is 27.1 Å². The number of nitrogens with one attached hydrogen (secondary N) is 1. The van der Waals surface area contributed by atoms with E-state index in [1.54, 1.807) is 30.3 Å². The maximum atomic E-state index is 13.4. The lowest BCUT2D eigenvalue weighted by Gasteiger charge is -2.22. The van der Waals surface area contributed by atoms with E-state index in [4.69, 9.17) is 9.47 Å². The van der Waals surface area contributed by atoms with Crippen molar-refractivity contribution in [2.75, 3.05) is 20.8 Å². The van der Waals surface area contributed by atoms with Crippen molar-refractivity contribution in [2.45, 2.75) is 24.9 Å². The van der Waals surface area contributed by atoms with Crippen molar-refractivity contribution >= 4 is 15.9 Å². The van der Waals surface area contributed by atoms with Crippen LogP contribution in [0.4, 0.5) is 4.39 Å². The Balaban J connectivity index is 1.83. The van der Waals surface area contributed by atoms with E-state index in [0.717, 1.165) is 9.87 Å². The summed E-state index contributed by atoms with van der Waals surface area (Å²) in [7, 11) is -0.975. The van der Waals surface area contributed by atoms with E-state index < -0.39 is 28.3 Å². The van der Waals surface area contributed by atoms with Crippen molar-refractivity contribution in [3.05, 3.63) is 89.2 Å². The second-order valence-corrected chi connectivity index (χ2v) is 9.57. The fourth-order valence-electron chi connectivity index (χ4n) is 3.38. The first kappa shape index (κ1) is 25.2. The molecule has 7 nitrogen and oxygen atoms in total. The molecule has 34 heavy (non-hydrogen) atoms. The first-order valence-electron chi connectivity index (χ1n) is 10.5. The van der Waals surface area contributed by atoms with E-state index in [1.807, 2.05) is 6.92 Å². The zero-order valence-corrected chi connectivity index (χ0v) is 20.1. The Kier molecular flexibility index (Phi) is 8.25. The number of rotatable bonds is 10. The van der Waals surface area contributed by atoms with Crippen LogP contribution in [0.25, 0.3) is 0 Å². The Hall–Kier alpha value is -3.43. The van der Waals surface area contributed by atoms with Gasteiger partial charge in [0.1, 0.15) is 17.3 Å². The summed E-state index contributed by atoms with van der Waals surface area (Å²) < 4.78 is 51.8. The van der Waals surface area contributed by atoms with Gasteiger partial charge in [0.15, 0.2) is 0 Å². The Labute approximate surface area is 199 Å². The van der Waals surface area contributed by atoms with Crippen molar-refractivity contribution in [1.82, 2.24) is 9.62 Å². The van der Waals surface area contributed by atoms with E-state index in [1.165, 1.54) is 50.6 Å². The molecule has 0 radical (unpaired) electrons. The van der Waals surface area contributed by atoms with E-state index in [-0.39, 0.29) is 18.0 Å². The number of methoxy groups -OCH3 is 2. The molecule has 0 saturated carbocycles. The number of amides is 1. The van der Waals surface area contributed by atoms with Crippen LogP contribution < -0.4 is 14.8 Å². The SMILES string of the molecule is COc1cccc(OC)c1CNC(=O)CN(Cc1ccc(F)cc1)S(=O)(=O)c1ccc(C)cc1. The van der Waals surface area contributed by atoms with Gasteiger partial charge in [-0.25, -0.2) is 12.8 Å².